The highest BCUT2D eigenvalue weighted by Crippen LogP contribution is 2.21. The number of carboxylic acid groups (broad SMARTS) is 1. The molecule has 0 spiro atoms. The number of carbonyl (C=O) groups is 7. The molecule has 364 valence electrons. The van der Waals surface area contributed by atoms with E-state index in [-0.39, 0.29) is 44.9 Å². The number of nitrogens with one attached hydrogen (secondary N) is 6. The first-order chi connectivity index (χ1) is 34.4. The van der Waals surface area contributed by atoms with Crippen LogP contribution in [0, 0.1) is 0 Å². The molecule has 2 aliphatic rings. The third-order valence-electron chi connectivity index (χ3n) is 12.3. The van der Waals surface area contributed by atoms with Crippen LogP contribution in [0.3, 0.4) is 0 Å². The second-order valence-electron chi connectivity index (χ2n) is 17.7. The Hall–Kier alpha value is -8.39. The summed E-state index contributed by atoms with van der Waals surface area (Å²) in [4.78, 5) is 97.5. The average molecular weight is 955 g/mol. The molecule has 0 saturated carbocycles. The van der Waals surface area contributed by atoms with E-state index in [1.807, 2.05) is 121 Å². The summed E-state index contributed by atoms with van der Waals surface area (Å²) in [6.07, 6.45) is 0.459. The van der Waals surface area contributed by atoms with Gasteiger partial charge in [0.25, 0.3) is 0 Å². The number of amides is 6. The number of carboxylic acids is 1. The second-order valence-corrected chi connectivity index (χ2v) is 17.7. The van der Waals surface area contributed by atoms with E-state index in [1.54, 1.807) is 48.5 Å². The summed E-state index contributed by atoms with van der Waals surface area (Å²) in [5.74, 6) is -5.10. The number of anilines is 1. The van der Waals surface area contributed by atoms with Gasteiger partial charge >= 0.3 is 5.97 Å². The first-order valence-electron chi connectivity index (χ1n) is 23.8. The molecule has 0 saturated heterocycles. The molecule has 2 aliphatic heterocycles. The number of benzene rings is 6. The van der Waals surface area contributed by atoms with Gasteiger partial charge in [-0.25, -0.2) is 4.79 Å². The van der Waals surface area contributed by atoms with Gasteiger partial charge in [0, 0.05) is 37.8 Å². The summed E-state index contributed by atoms with van der Waals surface area (Å²) in [5, 5.41) is 27.1. The fraction of sp³-hybridized carbons (Fsp3) is 0.246. The number of hydrogen-bond acceptors (Lipinski definition) is 7. The van der Waals surface area contributed by atoms with E-state index in [9.17, 15) is 38.7 Å². The van der Waals surface area contributed by atoms with Crippen molar-refractivity contribution in [2.45, 2.75) is 88.0 Å². The second kappa shape index (κ2) is 25.3. The van der Waals surface area contributed by atoms with E-state index in [4.69, 9.17) is 0 Å². The van der Waals surface area contributed by atoms with Crippen LogP contribution in [0.15, 0.2) is 170 Å². The molecule has 6 amide bonds. The maximum absolute atomic E-state index is 14.8. The van der Waals surface area contributed by atoms with Crippen molar-refractivity contribution < 1.29 is 38.7 Å². The molecule has 2 heterocycles. The minimum Gasteiger partial charge on any atom is -0.480 e. The number of aryl methyl sites for hydroxylation is 2. The quantitative estimate of drug-likeness (QED) is 0.0654. The molecule has 0 aliphatic carbocycles. The Bertz CT molecular complexity index is 2740. The van der Waals surface area contributed by atoms with Crippen molar-refractivity contribution in [1.29, 1.82) is 0 Å². The molecule has 2 bridgehead atoms. The van der Waals surface area contributed by atoms with Crippen LogP contribution in [0.4, 0.5) is 5.69 Å². The van der Waals surface area contributed by atoms with Gasteiger partial charge in [-0.2, -0.15) is 0 Å². The van der Waals surface area contributed by atoms with Crippen molar-refractivity contribution in [2.75, 3.05) is 5.32 Å². The molecule has 7 N–H and O–H groups in total. The maximum Gasteiger partial charge on any atom is 0.326 e. The van der Waals surface area contributed by atoms with Crippen LogP contribution in [0.2, 0.25) is 0 Å². The van der Waals surface area contributed by atoms with Gasteiger partial charge in [-0.1, -0.05) is 158 Å². The molecular formula is C57H58N6O8. The van der Waals surface area contributed by atoms with Crippen LogP contribution < -0.4 is 31.9 Å². The highest BCUT2D eigenvalue weighted by Gasteiger charge is 2.33. The third-order valence-corrected chi connectivity index (χ3v) is 12.3. The van der Waals surface area contributed by atoms with Crippen molar-refractivity contribution in [3.63, 3.8) is 0 Å². The molecule has 14 nitrogen and oxygen atoms in total. The van der Waals surface area contributed by atoms with Gasteiger partial charge in [0.15, 0.2) is 0 Å². The predicted octanol–water partition coefficient (Wildman–Crippen LogP) is 5.89. The highest BCUT2D eigenvalue weighted by molar-refractivity contribution is 5.97. The first kappa shape index (κ1) is 50.5. The smallest absolute Gasteiger partial charge is 0.326 e. The van der Waals surface area contributed by atoms with Gasteiger partial charge < -0.3 is 37.0 Å². The van der Waals surface area contributed by atoms with Crippen LogP contribution in [0.1, 0.15) is 53.5 Å². The van der Waals surface area contributed by atoms with Crippen LogP contribution >= 0.6 is 0 Å². The molecule has 0 radical (unpaired) electrons. The first-order valence-corrected chi connectivity index (χ1v) is 23.8. The summed E-state index contributed by atoms with van der Waals surface area (Å²) >= 11 is 0. The van der Waals surface area contributed by atoms with Crippen molar-refractivity contribution in [1.82, 2.24) is 26.6 Å². The Morgan fingerprint density at radius 3 is 1.56 bits per heavy atom. The van der Waals surface area contributed by atoms with Gasteiger partial charge in [-0.15, -0.1) is 0 Å². The van der Waals surface area contributed by atoms with E-state index in [0.29, 0.717) is 35.2 Å². The summed E-state index contributed by atoms with van der Waals surface area (Å²) in [5.41, 5.74) is 6.08. The molecule has 71 heavy (non-hydrogen) atoms. The fourth-order valence-electron chi connectivity index (χ4n) is 8.38. The van der Waals surface area contributed by atoms with E-state index in [0.717, 1.165) is 22.3 Å². The molecule has 8 rings (SSSR count). The van der Waals surface area contributed by atoms with Gasteiger partial charge in [0.05, 0.1) is 0 Å². The molecule has 6 aromatic carbocycles. The van der Waals surface area contributed by atoms with E-state index in [2.05, 4.69) is 31.9 Å². The number of rotatable bonds is 14. The number of fused-ring (bicyclic) bond motifs is 18. The summed E-state index contributed by atoms with van der Waals surface area (Å²) in [7, 11) is 0. The lowest BCUT2D eigenvalue weighted by Gasteiger charge is -2.27. The lowest BCUT2D eigenvalue weighted by atomic mass is 9.98. The standard InChI is InChI=1S/C57H58N6O8/c64-51-33-34-52(65)59-46(31-25-38-13-5-1-6-14-38)53(66)61-50(36-41-21-27-44(28-22-41)43-19-11-4-12-20-43)56(69)62-48(35-40-17-9-3-10-18-40)55(68)63-49(37-42-23-29-45(58-51)30-24-42)54(67)60-47(57(70)71)32-26-39-15-7-2-8-16-39/h1-24,27-30,46-50H,25-26,31-37H2,(H,58,64)(H,59,65)(H,60,67)(H,61,66)(H,62,69)(H,63,68)(H,70,71). The van der Waals surface area contributed by atoms with E-state index < -0.39 is 71.6 Å². The lowest BCUT2D eigenvalue weighted by molar-refractivity contribution is -0.142. The topological polar surface area (TPSA) is 212 Å². The number of carbonyl (C=O) groups excluding carboxylic acids is 6. The summed E-state index contributed by atoms with van der Waals surface area (Å²) < 4.78 is 0. The minimum absolute atomic E-state index is 0.00768. The van der Waals surface area contributed by atoms with Crippen LogP contribution in [0.25, 0.3) is 11.1 Å². The molecule has 5 atom stereocenters. The normalized spacial score (nSPS) is 18.6. The van der Waals surface area contributed by atoms with Crippen LogP contribution in [0.5, 0.6) is 0 Å². The highest BCUT2D eigenvalue weighted by atomic mass is 16.4. The van der Waals surface area contributed by atoms with Gasteiger partial charge in [0.1, 0.15) is 30.2 Å². The molecule has 5 unspecified atom stereocenters. The lowest BCUT2D eigenvalue weighted by Crippen LogP contribution is -2.60. The maximum atomic E-state index is 14.8. The summed E-state index contributed by atoms with van der Waals surface area (Å²) in [6, 6.07) is 45.2. The average Bonchev–Trinajstić information content (AvgIpc) is 3.39. The third kappa shape index (κ3) is 15.6. The van der Waals surface area contributed by atoms with Gasteiger partial charge in [-0.05, 0) is 76.8 Å². The van der Waals surface area contributed by atoms with Crippen molar-refractivity contribution in [3.8, 4) is 11.1 Å². The van der Waals surface area contributed by atoms with Gasteiger partial charge in [0.2, 0.25) is 35.4 Å². The number of aliphatic carboxylic acids is 1. The Kier molecular flexibility index (Phi) is 18.0. The molecular weight excluding hydrogens is 897 g/mol. The van der Waals surface area contributed by atoms with Crippen LogP contribution in [-0.2, 0) is 65.7 Å². The van der Waals surface area contributed by atoms with Crippen LogP contribution in [-0.4, -0.2) is 76.7 Å². The van der Waals surface area contributed by atoms with E-state index in [1.165, 1.54) is 0 Å². The largest absolute Gasteiger partial charge is 0.480 e. The predicted molar refractivity (Wildman–Crippen MR) is 271 cm³/mol. The van der Waals surface area contributed by atoms with Crippen molar-refractivity contribution in [2.24, 2.45) is 0 Å². The molecule has 0 fully saturated rings. The molecule has 14 heteroatoms. The van der Waals surface area contributed by atoms with Gasteiger partial charge in [-0.3, -0.25) is 28.8 Å². The molecule has 6 aromatic rings. The van der Waals surface area contributed by atoms with Crippen molar-refractivity contribution in [3.05, 3.63) is 198 Å². The number of hydrogen-bond donors (Lipinski definition) is 7. The minimum atomic E-state index is -1.33. The Morgan fingerprint density at radius 2 is 0.986 bits per heavy atom. The zero-order chi connectivity index (χ0) is 50.0. The molecule has 0 aromatic heterocycles. The SMILES string of the molecule is O=C1CCC(=O)NC(CCc2ccccc2)C(=O)NC(Cc2ccc(-c3ccccc3)cc2)C(=O)NC(Cc2ccccc2)C(=O)NC(C(=O)NC(CCc2ccccc2)C(=O)O)Cc2ccc(cc2)N1. The fourth-order valence-corrected chi connectivity index (χ4v) is 8.38. The summed E-state index contributed by atoms with van der Waals surface area (Å²) in [6.45, 7) is 0. The Labute approximate surface area is 413 Å². The Morgan fingerprint density at radius 1 is 0.507 bits per heavy atom. The zero-order valence-electron chi connectivity index (χ0n) is 39.2. The van der Waals surface area contributed by atoms with E-state index >= 15 is 0 Å². The monoisotopic (exact) mass is 954 g/mol. The zero-order valence-corrected chi connectivity index (χ0v) is 39.2. The Balaban J connectivity index is 1.22. The van der Waals surface area contributed by atoms with Crippen molar-refractivity contribution >= 4 is 47.1 Å².